The number of amides is 1. The van der Waals surface area contributed by atoms with E-state index in [0.29, 0.717) is 56.4 Å². The van der Waals surface area contributed by atoms with Gasteiger partial charge in [-0.25, -0.2) is 4.98 Å². The number of hydrogen-bond acceptors (Lipinski definition) is 12. The van der Waals surface area contributed by atoms with Crippen LogP contribution in [0, 0.1) is 11.3 Å². The number of nitrogens with two attached hydrogens (primary N) is 1. The molecule has 0 fully saturated rings. The molecule has 3 heterocycles. The third-order valence-electron chi connectivity index (χ3n) is 6.01. The van der Waals surface area contributed by atoms with Gasteiger partial charge in [-0.3, -0.25) is 14.5 Å². The van der Waals surface area contributed by atoms with E-state index < -0.39 is 5.92 Å². The summed E-state index contributed by atoms with van der Waals surface area (Å²) in [5, 5.41) is 24.2. The molecule has 0 saturated heterocycles. The second-order valence-corrected chi connectivity index (χ2v) is 12.2. The number of nitrogens with zero attached hydrogens (tertiary/aromatic N) is 5. The number of rotatable bonds is 7. The number of carbonyl (C=O) groups is 2. The molecule has 1 aromatic carbocycles. The predicted molar refractivity (Wildman–Crippen MR) is 150 cm³/mol. The zero-order valence-electron chi connectivity index (χ0n) is 19.9. The molecule has 2 aliphatic rings. The SMILES string of the molecule is COc1ccc(Br)cc1C1C(C#N)=C(N)N(c2nnc(SCC(=O)Nc3nccs3)s2)C2=C1C(=O)CCC2. The van der Waals surface area contributed by atoms with Gasteiger partial charge in [-0.05, 0) is 31.0 Å². The average Bonchev–Trinajstić information content (AvgIpc) is 3.59. The molecule has 1 unspecified atom stereocenters. The van der Waals surface area contributed by atoms with Crippen LogP contribution in [0.3, 0.4) is 0 Å². The van der Waals surface area contributed by atoms with Gasteiger partial charge in [0.05, 0.1) is 30.4 Å². The highest BCUT2D eigenvalue weighted by atomic mass is 79.9. The molecule has 1 atom stereocenters. The zero-order chi connectivity index (χ0) is 26.8. The molecule has 3 aromatic rings. The number of nitrogens with one attached hydrogen (secondary N) is 1. The van der Waals surface area contributed by atoms with Crippen LogP contribution in [0.5, 0.6) is 5.75 Å². The second-order valence-electron chi connectivity index (χ2n) is 8.23. The molecule has 14 heteroatoms. The lowest BCUT2D eigenvalue weighted by molar-refractivity contribution is -0.116. The van der Waals surface area contributed by atoms with Gasteiger partial charge in [0, 0.05) is 39.3 Å². The third-order valence-corrected chi connectivity index (χ3v) is 9.23. The van der Waals surface area contributed by atoms with Crippen molar-refractivity contribution in [3.63, 3.8) is 0 Å². The summed E-state index contributed by atoms with van der Waals surface area (Å²) in [7, 11) is 1.55. The van der Waals surface area contributed by atoms with Crippen molar-refractivity contribution in [2.45, 2.75) is 29.5 Å². The van der Waals surface area contributed by atoms with Crippen molar-refractivity contribution in [2.75, 3.05) is 23.1 Å². The number of nitriles is 1. The molecule has 5 rings (SSSR count). The fourth-order valence-electron chi connectivity index (χ4n) is 4.47. The van der Waals surface area contributed by atoms with E-state index in [0.717, 1.165) is 4.47 Å². The first-order valence-corrected chi connectivity index (χ1v) is 14.8. The van der Waals surface area contributed by atoms with Gasteiger partial charge in [0.15, 0.2) is 15.3 Å². The zero-order valence-corrected chi connectivity index (χ0v) is 24.0. The number of hydrogen-bond donors (Lipinski definition) is 2. The lowest BCUT2D eigenvalue weighted by atomic mass is 9.75. The molecule has 3 N–H and O–H groups in total. The monoisotopic (exact) mass is 629 g/mol. The molecule has 1 aliphatic heterocycles. The van der Waals surface area contributed by atoms with Gasteiger partial charge in [0.25, 0.3) is 0 Å². The average molecular weight is 631 g/mol. The van der Waals surface area contributed by atoms with Crippen LogP contribution in [-0.4, -0.2) is 39.7 Å². The smallest absolute Gasteiger partial charge is 0.236 e. The van der Waals surface area contributed by atoms with Crippen LogP contribution in [0.4, 0.5) is 10.3 Å². The summed E-state index contributed by atoms with van der Waals surface area (Å²) in [4.78, 5) is 31.3. The summed E-state index contributed by atoms with van der Waals surface area (Å²) in [6, 6.07) is 7.73. The van der Waals surface area contributed by atoms with E-state index in [1.807, 2.05) is 12.1 Å². The fraction of sp³-hybridized carbons (Fsp3) is 0.250. The number of benzene rings is 1. The van der Waals surface area contributed by atoms with E-state index >= 15 is 0 Å². The summed E-state index contributed by atoms with van der Waals surface area (Å²) in [5.41, 5.74) is 8.78. The largest absolute Gasteiger partial charge is 0.496 e. The maximum atomic E-state index is 13.4. The Morgan fingerprint density at radius 2 is 2.24 bits per heavy atom. The van der Waals surface area contributed by atoms with Crippen molar-refractivity contribution >= 4 is 72.3 Å². The van der Waals surface area contributed by atoms with Crippen LogP contribution in [0.25, 0.3) is 0 Å². The maximum Gasteiger partial charge on any atom is 0.236 e. The van der Waals surface area contributed by atoms with Crippen molar-refractivity contribution in [2.24, 2.45) is 5.73 Å². The first-order valence-electron chi connectivity index (χ1n) is 11.4. The third kappa shape index (κ3) is 5.06. The van der Waals surface area contributed by atoms with Crippen LogP contribution in [0.1, 0.15) is 30.7 Å². The van der Waals surface area contributed by atoms with E-state index in [9.17, 15) is 14.9 Å². The first kappa shape index (κ1) is 26.4. The summed E-state index contributed by atoms with van der Waals surface area (Å²) >= 11 is 7.31. The van der Waals surface area contributed by atoms with Gasteiger partial charge >= 0.3 is 0 Å². The van der Waals surface area contributed by atoms with E-state index in [1.54, 1.807) is 29.7 Å². The van der Waals surface area contributed by atoms with Crippen LogP contribution in [0.2, 0.25) is 0 Å². The molecular formula is C24H20BrN7O3S3. The van der Waals surface area contributed by atoms with Crippen molar-refractivity contribution in [3.05, 3.63) is 62.5 Å². The number of anilines is 2. The highest BCUT2D eigenvalue weighted by molar-refractivity contribution is 9.10. The van der Waals surface area contributed by atoms with E-state index in [-0.39, 0.29) is 28.8 Å². The number of Topliss-reactive ketones (excluding diaryl/α,β-unsaturated/α-hetero) is 1. The van der Waals surface area contributed by atoms with Gasteiger partial charge in [-0.2, -0.15) is 5.26 Å². The van der Waals surface area contributed by atoms with Crippen LogP contribution in [0.15, 0.2) is 61.3 Å². The number of methoxy groups -OCH3 is 1. The van der Waals surface area contributed by atoms with E-state index in [4.69, 9.17) is 10.5 Å². The first-order chi connectivity index (χ1) is 18.4. The lowest BCUT2D eigenvalue weighted by Gasteiger charge is -2.38. The summed E-state index contributed by atoms with van der Waals surface area (Å²) < 4.78 is 6.94. The highest BCUT2D eigenvalue weighted by Gasteiger charge is 2.42. The highest BCUT2D eigenvalue weighted by Crippen LogP contribution is 2.49. The Hall–Kier alpha value is -3.25. The van der Waals surface area contributed by atoms with Gasteiger partial charge < -0.3 is 15.8 Å². The number of allylic oxidation sites excluding steroid dienone is 3. The molecule has 0 radical (unpaired) electrons. The molecular weight excluding hydrogens is 610 g/mol. The van der Waals surface area contributed by atoms with Crippen molar-refractivity contribution in [3.8, 4) is 11.8 Å². The van der Waals surface area contributed by atoms with Crippen molar-refractivity contribution in [1.29, 1.82) is 5.26 Å². The number of aromatic nitrogens is 3. The molecule has 0 bridgehead atoms. The normalized spacial score (nSPS) is 17.3. The number of carbonyl (C=O) groups excluding carboxylic acids is 2. The number of thiazole rings is 1. The Bertz CT molecular complexity index is 1510. The molecule has 1 aliphatic carbocycles. The van der Waals surface area contributed by atoms with Crippen molar-refractivity contribution in [1.82, 2.24) is 15.2 Å². The Labute approximate surface area is 238 Å². The van der Waals surface area contributed by atoms with Gasteiger partial charge in [-0.1, -0.05) is 39.0 Å². The summed E-state index contributed by atoms with van der Waals surface area (Å²) in [6.45, 7) is 0. The van der Waals surface area contributed by atoms with Gasteiger partial charge in [-0.15, -0.1) is 21.5 Å². The lowest BCUT2D eigenvalue weighted by Crippen LogP contribution is -2.38. The molecule has 194 valence electrons. The Morgan fingerprint density at radius 3 is 2.97 bits per heavy atom. The predicted octanol–water partition coefficient (Wildman–Crippen LogP) is 4.80. The molecule has 0 spiro atoms. The summed E-state index contributed by atoms with van der Waals surface area (Å²) in [5.74, 6) is -0.0331. The summed E-state index contributed by atoms with van der Waals surface area (Å²) in [6.07, 6.45) is 3.24. The van der Waals surface area contributed by atoms with Gasteiger partial charge in [0.1, 0.15) is 11.6 Å². The fourth-order valence-corrected chi connectivity index (χ4v) is 7.07. The minimum Gasteiger partial charge on any atom is -0.496 e. The van der Waals surface area contributed by atoms with Crippen LogP contribution < -0.4 is 20.7 Å². The standard InChI is InChI=1S/C24H20BrN7O3S3/c1-35-17-6-5-12(25)9-13(17)19-14(10-26)21(27)32(15-3-2-4-16(33)20(15)19)23-30-31-24(38-23)37-11-18(34)29-22-28-7-8-36-22/h5-9,19H,2-4,11,27H2,1H3,(H,28,29,34). The molecule has 38 heavy (non-hydrogen) atoms. The quantitative estimate of drug-likeness (QED) is 0.349. The number of ketones is 1. The molecule has 10 nitrogen and oxygen atoms in total. The van der Waals surface area contributed by atoms with Crippen LogP contribution >= 0.6 is 50.4 Å². The van der Waals surface area contributed by atoms with Crippen LogP contribution in [-0.2, 0) is 9.59 Å². The second kappa shape index (κ2) is 11.2. The Morgan fingerprint density at radius 1 is 1.39 bits per heavy atom. The maximum absolute atomic E-state index is 13.4. The van der Waals surface area contributed by atoms with E-state index in [2.05, 4.69) is 42.5 Å². The minimum absolute atomic E-state index is 0.0403. The number of halogens is 1. The van der Waals surface area contributed by atoms with E-state index in [1.165, 1.54) is 34.4 Å². The molecule has 1 amide bonds. The molecule has 2 aromatic heterocycles. The minimum atomic E-state index is -0.664. The topological polar surface area (TPSA) is 147 Å². The van der Waals surface area contributed by atoms with Gasteiger partial charge in [0.2, 0.25) is 11.0 Å². The number of ether oxygens (including phenoxy) is 1. The Balaban J connectivity index is 1.49. The number of thioether (sulfide) groups is 1. The molecule has 0 saturated carbocycles. The Kier molecular flexibility index (Phi) is 7.80. The van der Waals surface area contributed by atoms with Crippen molar-refractivity contribution < 1.29 is 14.3 Å².